The quantitative estimate of drug-likeness (QED) is 0.165. The second kappa shape index (κ2) is 12.5. The molecule has 0 fully saturated rings. The maximum absolute atomic E-state index is 14.0. The molecule has 0 bridgehead atoms. The number of nitrogens with one attached hydrogen (secondary N) is 1. The van der Waals surface area contributed by atoms with E-state index < -0.39 is 78.6 Å². The van der Waals surface area contributed by atoms with E-state index in [0.717, 1.165) is 11.6 Å². The summed E-state index contributed by atoms with van der Waals surface area (Å²) in [5.41, 5.74) is -2.67. The predicted molar refractivity (Wildman–Crippen MR) is 146 cm³/mol. The lowest BCUT2D eigenvalue weighted by molar-refractivity contribution is -0.763. The lowest BCUT2D eigenvalue weighted by atomic mass is 9.95. The summed E-state index contributed by atoms with van der Waals surface area (Å²) < 4.78 is 70.7. The van der Waals surface area contributed by atoms with Crippen molar-refractivity contribution in [3.05, 3.63) is 109 Å². The summed E-state index contributed by atoms with van der Waals surface area (Å²) in [5, 5.41) is 32.9. The standard InChI is InChI=1S/C26H20F3N5O10S/c1-15-7-9-16(10-8-15)20-12-22(26(27,28)29)30-32(20)24-18(13-43-33(37)38)11-21(45(41,42)31-25(35)36)23(17-5-3-2-4-6-17)19(24)14-44-34(39)40/h2-12,31H,13-14H2,1H3,(H,35,36). The van der Waals surface area contributed by atoms with E-state index in [4.69, 9.17) is 0 Å². The number of amides is 1. The molecule has 0 atom stereocenters. The van der Waals surface area contributed by atoms with Crippen LogP contribution in [0.2, 0.25) is 0 Å². The van der Waals surface area contributed by atoms with Crippen molar-refractivity contribution in [1.29, 1.82) is 0 Å². The smallest absolute Gasteiger partial charge is 0.435 e. The molecule has 0 saturated heterocycles. The molecule has 0 unspecified atom stereocenters. The van der Waals surface area contributed by atoms with Crippen molar-refractivity contribution in [3.8, 4) is 28.1 Å². The van der Waals surface area contributed by atoms with Crippen molar-refractivity contribution in [2.24, 2.45) is 0 Å². The lowest BCUT2D eigenvalue weighted by Crippen LogP contribution is -2.30. The maximum atomic E-state index is 14.0. The molecule has 0 saturated carbocycles. The number of benzene rings is 3. The van der Waals surface area contributed by atoms with E-state index in [-0.39, 0.29) is 16.8 Å². The van der Waals surface area contributed by atoms with E-state index in [0.29, 0.717) is 10.7 Å². The predicted octanol–water partition coefficient (Wildman–Crippen LogP) is 4.91. The number of carbonyl (C=O) groups is 1. The molecule has 0 spiro atoms. The summed E-state index contributed by atoms with van der Waals surface area (Å²) in [5.74, 6) is 0. The molecule has 2 N–H and O–H groups in total. The summed E-state index contributed by atoms with van der Waals surface area (Å²) in [7, 11) is -5.05. The van der Waals surface area contributed by atoms with Gasteiger partial charge < -0.3 is 14.8 Å². The minimum absolute atomic E-state index is 0.00768. The van der Waals surface area contributed by atoms with Crippen LogP contribution < -0.4 is 4.72 Å². The van der Waals surface area contributed by atoms with Gasteiger partial charge in [-0.3, -0.25) is 0 Å². The first-order valence-corrected chi connectivity index (χ1v) is 13.9. The third kappa shape index (κ3) is 7.26. The zero-order chi connectivity index (χ0) is 33.1. The number of carboxylic acid groups (broad SMARTS) is 1. The van der Waals surface area contributed by atoms with E-state index in [9.17, 15) is 51.7 Å². The van der Waals surface area contributed by atoms with Crippen molar-refractivity contribution in [2.45, 2.75) is 31.2 Å². The molecule has 0 aliphatic rings. The van der Waals surface area contributed by atoms with Crippen LogP contribution in [0.25, 0.3) is 28.1 Å². The summed E-state index contributed by atoms with van der Waals surface area (Å²) >= 11 is 0. The third-order valence-corrected chi connectivity index (χ3v) is 7.56. The largest absolute Gasteiger partial charge is 0.464 e. The molecule has 15 nitrogen and oxygen atoms in total. The van der Waals surface area contributed by atoms with Crippen LogP contribution in [0.1, 0.15) is 22.4 Å². The van der Waals surface area contributed by atoms with Crippen LogP contribution in [0.4, 0.5) is 18.0 Å². The van der Waals surface area contributed by atoms with Crippen molar-refractivity contribution in [1.82, 2.24) is 14.5 Å². The Labute approximate surface area is 250 Å². The van der Waals surface area contributed by atoms with Crippen LogP contribution in [-0.4, -0.2) is 39.6 Å². The van der Waals surface area contributed by atoms with Gasteiger partial charge in [0.15, 0.2) is 5.69 Å². The highest BCUT2D eigenvalue weighted by atomic mass is 32.2. The number of rotatable bonds is 11. The molecule has 1 amide bonds. The Bertz CT molecular complexity index is 1880. The van der Waals surface area contributed by atoms with Gasteiger partial charge >= 0.3 is 12.3 Å². The number of hydrogen-bond acceptors (Lipinski definition) is 10. The molecule has 4 rings (SSSR count). The number of aryl methyl sites for hydroxylation is 1. The van der Waals surface area contributed by atoms with Gasteiger partial charge in [0.2, 0.25) is 0 Å². The van der Waals surface area contributed by atoms with E-state index in [2.05, 4.69) is 14.8 Å². The summed E-state index contributed by atoms with van der Waals surface area (Å²) in [6.45, 7) is -0.505. The van der Waals surface area contributed by atoms with E-state index in [1.165, 1.54) is 47.2 Å². The molecule has 0 aliphatic carbocycles. The molecule has 1 heterocycles. The number of alkyl halides is 3. The molecular formula is C26H20F3N5O10S. The van der Waals surface area contributed by atoms with Crippen LogP contribution in [0, 0.1) is 27.2 Å². The van der Waals surface area contributed by atoms with Crippen LogP contribution in [0.3, 0.4) is 0 Å². The number of sulfonamides is 1. The first-order chi connectivity index (χ1) is 21.1. The SMILES string of the molecule is Cc1ccc(-c2cc(C(F)(F)F)nn2-c2c(CO[N+](=O)[O-])cc(S(=O)(=O)NC(=O)O)c(-c3ccccc3)c2CO[N+](=O)[O-])cc1. The fraction of sp³-hybridized carbons (Fsp3) is 0.154. The molecule has 0 aliphatic heterocycles. The Balaban J connectivity index is 2.24. The Morgan fingerprint density at radius 1 is 0.978 bits per heavy atom. The van der Waals surface area contributed by atoms with Gasteiger partial charge in [0, 0.05) is 22.3 Å². The van der Waals surface area contributed by atoms with Crippen LogP contribution in [-0.2, 0) is 39.1 Å². The average molecular weight is 652 g/mol. The normalized spacial score (nSPS) is 11.6. The number of aromatic nitrogens is 2. The second-order valence-corrected chi connectivity index (χ2v) is 10.8. The molecular weight excluding hydrogens is 631 g/mol. The fourth-order valence-corrected chi connectivity index (χ4v) is 5.58. The van der Waals surface area contributed by atoms with Crippen molar-refractivity contribution in [2.75, 3.05) is 0 Å². The topological polar surface area (TPSA) is 206 Å². The highest BCUT2D eigenvalue weighted by Gasteiger charge is 2.37. The maximum Gasteiger partial charge on any atom is 0.435 e. The number of hydrogen-bond donors (Lipinski definition) is 2. The molecule has 0 radical (unpaired) electrons. The zero-order valence-electron chi connectivity index (χ0n) is 22.7. The van der Waals surface area contributed by atoms with Gasteiger partial charge in [0.1, 0.15) is 13.2 Å². The van der Waals surface area contributed by atoms with Crippen molar-refractivity contribution >= 4 is 16.1 Å². The minimum atomic E-state index is -5.05. The van der Waals surface area contributed by atoms with Crippen LogP contribution >= 0.6 is 0 Å². The summed E-state index contributed by atoms with van der Waals surface area (Å²) in [6.07, 6.45) is -7.04. The van der Waals surface area contributed by atoms with E-state index in [1.807, 2.05) is 0 Å². The van der Waals surface area contributed by atoms with E-state index in [1.54, 1.807) is 19.1 Å². The second-order valence-electron chi connectivity index (χ2n) is 9.20. The summed E-state index contributed by atoms with van der Waals surface area (Å²) in [4.78, 5) is 42.1. The molecule has 45 heavy (non-hydrogen) atoms. The van der Waals surface area contributed by atoms with E-state index >= 15 is 0 Å². The van der Waals surface area contributed by atoms with Gasteiger partial charge in [-0.2, -0.15) is 18.3 Å². The summed E-state index contributed by atoms with van der Waals surface area (Å²) in [6, 6.07) is 14.6. The van der Waals surface area contributed by atoms with Gasteiger partial charge in [-0.25, -0.2) is 22.6 Å². The first kappa shape index (κ1) is 32.2. The lowest BCUT2D eigenvalue weighted by Gasteiger charge is -2.23. The minimum Gasteiger partial charge on any atom is -0.464 e. The third-order valence-electron chi connectivity index (χ3n) is 6.22. The monoisotopic (exact) mass is 651 g/mol. The fourth-order valence-electron chi connectivity index (χ4n) is 4.44. The van der Waals surface area contributed by atoms with Crippen molar-refractivity contribution in [3.63, 3.8) is 0 Å². The molecule has 236 valence electrons. The van der Waals surface area contributed by atoms with Crippen molar-refractivity contribution < 1.29 is 51.3 Å². The van der Waals surface area contributed by atoms with Gasteiger partial charge in [-0.05, 0) is 24.6 Å². The molecule has 3 aromatic carbocycles. The highest BCUT2D eigenvalue weighted by Crippen LogP contribution is 2.41. The molecule has 19 heteroatoms. The van der Waals surface area contributed by atoms with Gasteiger partial charge in [-0.1, -0.05) is 60.2 Å². The van der Waals surface area contributed by atoms with Gasteiger partial charge in [0.25, 0.3) is 20.2 Å². The first-order valence-electron chi connectivity index (χ1n) is 12.4. The highest BCUT2D eigenvalue weighted by molar-refractivity contribution is 7.90. The average Bonchev–Trinajstić information content (AvgIpc) is 3.40. The van der Waals surface area contributed by atoms with Gasteiger partial charge in [-0.15, -0.1) is 20.2 Å². The van der Waals surface area contributed by atoms with Gasteiger partial charge in [0.05, 0.1) is 16.3 Å². The molecule has 1 aromatic heterocycles. The Hall–Kier alpha value is -5.72. The number of halogens is 3. The Morgan fingerprint density at radius 3 is 2.13 bits per heavy atom. The Kier molecular flexibility index (Phi) is 8.93. The van der Waals surface area contributed by atoms with Crippen LogP contribution in [0.5, 0.6) is 0 Å². The van der Waals surface area contributed by atoms with Crippen LogP contribution in [0.15, 0.2) is 71.6 Å². The Morgan fingerprint density at radius 2 is 1.58 bits per heavy atom. The zero-order valence-corrected chi connectivity index (χ0v) is 23.5. The number of nitrogens with zero attached hydrogens (tertiary/aromatic N) is 4. The molecule has 4 aromatic rings.